The molecule has 2 heterocycles. The number of allylic oxidation sites excluding steroid dienone is 4. The Morgan fingerprint density at radius 2 is 1.90 bits per heavy atom. The first-order valence-electron chi connectivity index (χ1n) is 11.8. The van der Waals surface area contributed by atoms with Crippen molar-refractivity contribution in [2.45, 2.75) is 99.3 Å². The number of likely N-dealkylation sites (tertiary alicyclic amines) is 1. The highest BCUT2D eigenvalue weighted by molar-refractivity contribution is 5.84. The molecular weight excluding hydrogens is 372 g/mol. The van der Waals surface area contributed by atoms with E-state index in [1.54, 1.807) is 0 Å². The molecule has 1 atom stereocenters. The van der Waals surface area contributed by atoms with Gasteiger partial charge in [0.15, 0.2) is 0 Å². The fourth-order valence-electron chi connectivity index (χ4n) is 3.60. The van der Waals surface area contributed by atoms with Crippen LogP contribution in [0.4, 0.5) is 0 Å². The van der Waals surface area contributed by atoms with Gasteiger partial charge in [-0.1, -0.05) is 59.8 Å². The van der Waals surface area contributed by atoms with Gasteiger partial charge < -0.3 is 14.8 Å². The van der Waals surface area contributed by atoms with E-state index in [2.05, 4.69) is 60.8 Å². The van der Waals surface area contributed by atoms with Crippen molar-refractivity contribution in [1.82, 2.24) is 19.8 Å². The number of imidazole rings is 1. The van der Waals surface area contributed by atoms with Gasteiger partial charge in [-0.15, -0.1) is 0 Å². The number of nitrogens with one attached hydrogen (secondary N) is 1. The fraction of sp³-hybridized carbons (Fsp3) is 0.680. The average molecular weight is 417 g/mol. The summed E-state index contributed by atoms with van der Waals surface area (Å²) in [6, 6.07) is -0.0924. The van der Waals surface area contributed by atoms with Gasteiger partial charge in [-0.3, -0.25) is 4.79 Å². The van der Waals surface area contributed by atoms with E-state index >= 15 is 0 Å². The lowest BCUT2D eigenvalue weighted by atomic mass is 9.89. The number of hydrogen-bond acceptors (Lipinski definition) is 3. The van der Waals surface area contributed by atoms with Crippen LogP contribution >= 0.6 is 0 Å². The molecule has 1 aliphatic carbocycles. The minimum Gasteiger partial charge on any atom is -0.336 e. The van der Waals surface area contributed by atoms with Crippen LogP contribution in [0.3, 0.4) is 0 Å². The van der Waals surface area contributed by atoms with Crippen LogP contribution in [0.15, 0.2) is 36.3 Å². The van der Waals surface area contributed by atoms with Gasteiger partial charge in [0.2, 0.25) is 5.91 Å². The molecule has 0 spiro atoms. The zero-order valence-corrected chi connectivity index (χ0v) is 20.5. The lowest BCUT2D eigenvalue weighted by Crippen LogP contribution is -2.51. The number of hydrogen-bond donors (Lipinski definition) is 1. The molecule has 0 aromatic carbocycles. The molecule has 0 saturated carbocycles. The SMILES string of the molecule is CC.CC.CC(C)C(C)(C)N1CC[C@H](NCc2cncn2CC2=CCCC=C2)C1=O. The largest absolute Gasteiger partial charge is 0.336 e. The normalized spacial score (nSPS) is 18.6. The van der Waals surface area contributed by atoms with Crippen LogP contribution in [0.1, 0.15) is 80.3 Å². The molecule has 1 amide bonds. The predicted molar refractivity (Wildman–Crippen MR) is 127 cm³/mol. The van der Waals surface area contributed by atoms with Crippen LogP contribution in [-0.4, -0.2) is 38.5 Å². The van der Waals surface area contributed by atoms with Gasteiger partial charge in [-0.2, -0.15) is 0 Å². The zero-order valence-electron chi connectivity index (χ0n) is 20.5. The number of nitrogens with zero attached hydrogens (tertiary/aromatic N) is 3. The van der Waals surface area contributed by atoms with Gasteiger partial charge in [0.25, 0.3) is 0 Å². The summed E-state index contributed by atoms with van der Waals surface area (Å²) in [4.78, 5) is 19.2. The molecule has 5 nitrogen and oxygen atoms in total. The second kappa shape index (κ2) is 12.7. The Kier molecular flexibility index (Phi) is 11.1. The van der Waals surface area contributed by atoms with Crippen molar-refractivity contribution in [3.8, 4) is 0 Å². The number of rotatable bonds is 7. The van der Waals surface area contributed by atoms with E-state index in [1.807, 2.05) is 45.1 Å². The molecule has 0 bridgehead atoms. The molecule has 1 aliphatic heterocycles. The first-order valence-corrected chi connectivity index (χ1v) is 11.8. The van der Waals surface area contributed by atoms with Crippen LogP contribution in [-0.2, 0) is 17.9 Å². The Balaban J connectivity index is 0.00000106. The lowest BCUT2D eigenvalue weighted by Gasteiger charge is -2.39. The summed E-state index contributed by atoms with van der Waals surface area (Å²) < 4.78 is 2.17. The van der Waals surface area contributed by atoms with Gasteiger partial charge in [0.05, 0.1) is 18.1 Å². The topological polar surface area (TPSA) is 50.2 Å². The summed E-state index contributed by atoms with van der Waals surface area (Å²) >= 11 is 0. The first kappa shape index (κ1) is 26.2. The van der Waals surface area contributed by atoms with Crippen molar-refractivity contribution in [2.75, 3.05) is 6.54 Å². The van der Waals surface area contributed by atoms with E-state index in [-0.39, 0.29) is 17.5 Å². The van der Waals surface area contributed by atoms with E-state index in [9.17, 15) is 4.79 Å². The highest BCUT2D eigenvalue weighted by atomic mass is 16.2. The summed E-state index contributed by atoms with van der Waals surface area (Å²) in [5.74, 6) is 0.663. The lowest BCUT2D eigenvalue weighted by molar-refractivity contribution is -0.135. The highest BCUT2D eigenvalue weighted by Crippen LogP contribution is 2.29. The number of carbonyl (C=O) groups is 1. The maximum atomic E-state index is 12.8. The molecular formula is C25H44N4O. The van der Waals surface area contributed by atoms with E-state index in [4.69, 9.17) is 0 Å². The summed E-state index contributed by atoms with van der Waals surface area (Å²) in [7, 11) is 0. The van der Waals surface area contributed by atoms with Crippen molar-refractivity contribution < 1.29 is 4.79 Å². The van der Waals surface area contributed by atoms with Gasteiger partial charge in [0.1, 0.15) is 0 Å². The second-order valence-electron chi connectivity index (χ2n) is 8.29. The Labute approximate surface area is 184 Å². The van der Waals surface area contributed by atoms with Gasteiger partial charge in [0, 0.05) is 31.4 Å². The number of carbonyl (C=O) groups excluding carboxylic acids is 1. The van der Waals surface area contributed by atoms with Gasteiger partial charge in [-0.05, 0) is 44.6 Å². The Morgan fingerprint density at radius 1 is 1.20 bits per heavy atom. The van der Waals surface area contributed by atoms with Crippen molar-refractivity contribution in [2.24, 2.45) is 5.92 Å². The van der Waals surface area contributed by atoms with Crippen molar-refractivity contribution >= 4 is 5.91 Å². The maximum Gasteiger partial charge on any atom is 0.240 e. The van der Waals surface area contributed by atoms with Crippen molar-refractivity contribution in [3.05, 3.63) is 42.0 Å². The molecule has 1 N–H and O–H groups in total. The monoisotopic (exact) mass is 416 g/mol. The van der Waals surface area contributed by atoms with E-state index in [0.717, 1.165) is 38.0 Å². The molecule has 1 aromatic rings. The van der Waals surface area contributed by atoms with Crippen molar-refractivity contribution in [3.63, 3.8) is 0 Å². The van der Waals surface area contributed by atoms with E-state index < -0.39 is 0 Å². The van der Waals surface area contributed by atoms with Crippen LogP contribution in [0.2, 0.25) is 0 Å². The van der Waals surface area contributed by atoms with Crippen LogP contribution in [0.25, 0.3) is 0 Å². The predicted octanol–water partition coefficient (Wildman–Crippen LogP) is 5.34. The quantitative estimate of drug-likeness (QED) is 0.653. The van der Waals surface area contributed by atoms with Gasteiger partial charge in [-0.25, -0.2) is 4.98 Å². The molecule has 0 radical (unpaired) electrons. The zero-order chi connectivity index (χ0) is 22.7. The molecule has 2 aliphatic rings. The smallest absolute Gasteiger partial charge is 0.240 e. The van der Waals surface area contributed by atoms with E-state index in [1.165, 1.54) is 5.57 Å². The molecule has 3 rings (SSSR count). The standard InChI is InChI=1S/C21H32N4O.2C2H6/c1-16(2)21(3,4)25-11-10-19(20(25)26)23-13-18-12-22-15-24(18)14-17-8-6-5-7-9-17;2*1-2/h6,8-9,12,15-16,19,23H,5,7,10-11,13-14H2,1-4H3;2*1-2H3/t19-;;/m0../s1. The molecule has 0 unspecified atom stereocenters. The third kappa shape index (κ3) is 6.56. The first-order chi connectivity index (χ1) is 14.4. The summed E-state index contributed by atoms with van der Waals surface area (Å²) in [6.45, 7) is 19.0. The molecule has 1 aromatic heterocycles. The molecule has 5 heteroatoms. The molecule has 170 valence electrons. The maximum absolute atomic E-state index is 12.8. The third-order valence-electron chi connectivity index (χ3n) is 6.07. The Morgan fingerprint density at radius 3 is 2.50 bits per heavy atom. The van der Waals surface area contributed by atoms with E-state index in [0.29, 0.717) is 12.5 Å². The Hall–Kier alpha value is -1.88. The molecule has 1 fully saturated rings. The number of amides is 1. The Bertz CT molecular complexity index is 700. The molecule has 30 heavy (non-hydrogen) atoms. The van der Waals surface area contributed by atoms with Crippen molar-refractivity contribution in [1.29, 1.82) is 0 Å². The average Bonchev–Trinajstić information content (AvgIpc) is 3.36. The van der Waals surface area contributed by atoms with Crippen LogP contribution in [0, 0.1) is 5.92 Å². The second-order valence-corrected chi connectivity index (χ2v) is 8.29. The third-order valence-corrected chi connectivity index (χ3v) is 6.07. The number of aromatic nitrogens is 2. The summed E-state index contributed by atoms with van der Waals surface area (Å²) in [5.41, 5.74) is 2.35. The van der Waals surface area contributed by atoms with Crippen LogP contribution < -0.4 is 5.32 Å². The summed E-state index contributed by atoms with van der Waals surface area (Å²) in [5, 5.41) is 3.46. The minimum atomic E-state index is -0.102. The molecule has 1 saturated heterocycles. The minimum absolute atomic E-state index is 0.0924. The van der Waals surface area contributed by atoms with Gasteiger partial charge >= 0.3 is 0 Å². The van der Waals surface area contributed by atoms with Crippen LogP contribution in [0.5, 0.6) is 0 Å². The highest BCUT2D eigenvalue weighted by Gasteiger charge is 2.41. The fourth-order valence-corrected chi connectivity index (χ4v) is 3.60. The summed E-state index contributed by atoms with van der Waals surface area (Å²) in [6.07, 6.45) is 13.6.